The molecular weight excluding hydrogens is 397 g/mol. The fraction of sp³-hybridized carbons (Fsp3) is 0.130. The number of rotatable bonds is 5. The molecule has 4 aromatic rings. The Hall–Kier alpha value is -4.07. The van der Waals surface area contributed by atoms with Crippen molar-refractivity contribution in [3.05, 3.63) is 94.3 Å². The smallest absolute Gasteiger partial charge is 0.256 e. The first-order valence-electron chi connectivity index (χ1n) is 9.67. The van der Waals surface area contributed by atoms with Crippen LogP contribution >= 0.6 is 0 Å². The second-order valence-corrected chi connectivity index (χ2v) is 7.13. The van der Waals surface area contributed by atoms with Crippen molar-refractivity contribution in [3.63, 3.8) is 0 Å². The summed E-state index contributed by atoms with van der Waals surface area (Å²) in [5, 5.41) is 7.04. The van der Waals surface area contributed by atoms with E-state index in [9.17, 15) is 14.0 Å². The van der Waals surface area contributed by atoms with Gasteiger partial charge in [-0.15, -0.1) is 0 Å². The summed E-state index contributed by atoms with van der Waals surface area (Å²) in [4.78, 5) is 30.3. The van der Waals surface area contributed by atoms with Crippen molar-refractivity contribution in [1.29, 1.82) is 0 Å². The summed E-state index contributed by atoms with van der Waals surface area (Å²) in [5.74, 6) is -0.719. The molecule has 0 radical (unpaired) electrons. The summed E-state index contributed by atoms with van der Waals surface area (Å²) >= 11 is 0. The lowest BCUT2D eigenvalue weighted by atomic mass is 10.1. The summed E-state index contributed by atoms with van der Waals surface area (Å²) < 4.78 is 16.2. The number of amides is 1. The van der Waals surface area contributed by atoms with Gasteiger partial charge in [0.05, 0.1) is 11.4 Å². The van der Waals surface area contributed by atoms with Crippen LogP contribution in [0.25, 0.3) is 17.2 Å². The van der Waals surface area contributed by atoms with Crippen LogP contribution in [0.1, 0.15) is 11.4 Å². The second-order valence-electron chi connectivity index (χ2n) is 7.13. The van der Waals surface area contributed by atoms with E-state index in [-0.39, 0.29) is 12.5 Å². The van der Waals surface area contributed by atoms with E-state index >= 15 is 0 Å². The Balaban J connectivity index is 1.76. The van der Waals surface area contributed by atoms with Gasteiger partial charge in [0, 0.05) is 23.0 Å². The highest BCUT2D eigenvalue weighted by Gasteiger charge is 2.17. The predicted molar refractivity (Wildman–Crippen MR) is 116 cm³/mol. The third kappa shape index (κ3) is 4.42. The molecule has 31 heavy (non-hydrogen) atoms. The van der Waals surface area contributed by atoms with Gasteiger partial charge in [0.2, 0.25) is 11.9 Å². The van der Waals surface area contributed by atoms with Crippen LogP contribution < -0.4 is 10.9 Å². The molecule has 7 nitrogen and oxygen atoms in total. The molecule has 1 amide bonds. The molecule has 2 heterocycles. The Morgan fingerprint density at radius 3 is 2.48 bits per heavy atom. The highest BCUT2D eigenvalue weighted by molar-refractivity contribution is 5.90. The molecule has 2 aromatic carbocycles. The molecule has 0 spiro atoms. The fourth-order valence-corrected chi connectivity index (χ4v) is 3.30. The first-order valence-corrected chi connectivity index (χ1v) is 9.67. The zero-order valence-corrected chi connectivity index (χ0v) is 17.0. The van der Waals surface area contributed by atoms with Gasteiger partial charge in [-0.3, -0.25) is 14.2 Å². The van der Waals surface area contributed by atoms with Crippen LogP contribution in [0.3, 0.4) is 0 Å². The van der Waals surface area contributed by atoms with Crippen molar-refractivity contribution < 1.29 is 9.18 Å². The molecule has 156 valence electrons. The molecule has 8 heteroatoms. The van der Waals surface area contributed by atoms with Crippen LogP contribution in [-0.2, 0) is 11.3 Å². The monoisotopic (exact) mass is 417 g/mol. The SMILES string of the molecule is Cc1cc(C)n(-c2nc(-c3ccccc3)cc(=O)n2CC(=O)Nc2cccc(F)c2)n1. The molecule has 0 bridgehead atoms. The first-order chi connectivity index (χ1) is 14.9. The van der Waals surface area contributed by atoms with Crippen molar-refractivity contribution >= 4 is 11.6 Å². The average molecular weight is 417 g/mol. The lowest BCUT2D eigenvalue weighted by Gasteiger charge is -2.14. The van der Waals surface area contributed by atoms with Gasteiger partial charge in [-0.25, -0.2) is 14.1 Å². The van der Waals surface area contributed by atoms with Gasteiger partial charge >= 0.3 is 0 Å². The minimum Gasteiger partial charge on any atom is -0.324 e. The molecular formula is C23H20FN5O2. The summed E-state index contributed by atoms with van der Waals surface area (Å²) in [6.07, 6.45) is 0. The number of halogens is 1. The van der Waals surface area contributed by atoms with E-state index in [1.54, 1.807) is 10.7 Å². The van der Waals surface area contributed by atoms with Gasteiger partial charge in [-0.05, 0) is 38.1 Å². The van der Waals surface area contributed by atoms with Crippen LogP contribution in [0.4, 0.5) is 10.1 Å². The molecule has 0 fully saturated rings. The van der Waals surface area contributed by atoms with Gasteiger partial charge in [0.1, 0.15) is 12.4 Å². The van der Waals surface area contributed by atoms with E-state index in [0.717, 1.165) is 17.0 Å². The zero-order chi connectivity index (χ0) is 22.0. The third-order valence-electron chi connectivity index (χ3n) is 4.67. The largest absolute Gasteiger partial charge is 0.324 e. The molecule has 0 aliphatic heterocycles. The molecule has 0 saturated carbocycles. The number of hydrogen-bond donors (Lipinski definition) is 1. The number of aromatic nitrogens is 4. The molecule has 0 atom stereocenters. The Bertz CT molecular complexity index is 1310. The summed E-state index contributed by atoms with van der Waals surface area (Å²) in [7, 11) is 0. The van der Waals surface area contributed by atoms with Crippen LogP contribution in [0, 0.1) is 19.7 Å². The minimum absolute atomic E-state index is 0.228. The Morgan fingerprint density at radius 1 is 1.03 bits per heavy atom. The second kappa shape index (κ2) is 8.35. The lowest BCUT2D eigenvalue weighted by Crippen LogP contribution is -2.31. The summed E-state index contributed by atoms with van der Waals surface area (Å²) in [5.41, 5.74) is 2.69. The van der Waals surface area contributed by atoms with Gasteiger partial charge in [0.15, 0.2) is 0 Å². The van der Waals surface area contributed by atoms with E-state index in [4.69, 9.17) is 0 Å². The van der Waals surface area contributed by atoms with E-state index in [1.165, 1.54) is 28.8 Å². The average Bonchev–Trinajstić information content (AvgIpc) is 3.07. The van der Waals surface area contributed by atoms with Crippen LogP contribution in [0.5, 0.6) is 0 Å². The molecule has 2 aromatic heterocycles. The fourth-order valence-electron chi connectivity index (χ4n) is 3.30. The highest BCUT2D eigenvalue weighted by Crippen LogP contribution is 2.18. The predicted octanol–water partition coefficient (Wildman–Crippen LogP) is 3.49. The topological polar surface area (TPSA) is 81.8 Å². The Morgan fingerprint density at radius 2 is 1.81 bits per heavy atom. The van der Waals surface area contributed by atoms with Crippen molar-refractivity contribution in [2.24, 2.45) is 0 Å². The minimum atomic E-state index is -0.482. The van der Waals surface area contributed by atoms with Gasteiger partial charge in [-0.2, -0.15) is 5.10 Å². The maximum atomic E-state index is 13.4. The number of aryl methyl sites for hydroxylation is 2. The number of nitrogens with zero attached hydrogens (tertiary/aromatic N) is 4. The molecule has 1 N–H and O–H groups in total. The van der Waals surface area contributed by atoms with Crippen molar-refractivity contribution in [1.82, 2.24) is 19.3 Å². The number of anilines is 1. The Kier molecular flexibility index (Phi) is 5.44. The van der Waals surface area contributed by atoms with E-state index in [2.05, 4.69) is 15.4 Å². The third-order valence-corrected chi connectivity index (χ3v) is 4.67. The van der Waals surface area contributed by atoms with Crippen LogP contribution in [0.2, 0.25) is 0 Å². The molecule has 0 aliphatic rings. The number of hydrogen-bond acceptors (Lipinski definition) is 4. The number of carbonyl (C=O) groups is 1. The number of benzene rings is 2. The van der Waals surface area contributed by atoms with E-state index in [1.807, 2.05) is 50.2 Å². The summed E-state index contributed by atoms with van der Waals surface area (Å²) in [6.45, 7) is 3.38. The lowest BCUT2D eigenvalue weighted by molar-refractivity contribution is -0.116. The van der Waals surface area contributed by atoms with Gasteiger partial charge < -0.3 is 5.32 Å². The highest BCUT2D eigenvalue weighted by atomic mass is 19.1. The molecule has 0 unspecified atom stereocenters. The zero-order valence-electron chi connectivity index (χ0n) is 17.0. The number of nitrogens with one attached hydrogen (secondary N) is 1. The van der Waals surface area contributed by atoms with Crippen molar-refractivity contribution in [2.45, 2.75) is 20.4 Å². The van der Waals surface area contributed by atoms with E-state index < -0.39 is 17.3 Å². The standard InChI is InChI=1S/C23H20FN5O2/c1-15-11-16(2)29(27-15)23-26-20(17-7-4-3-5-8-17)13-22(31)28(23)14-21(30)25-19-10-6-9-18(24)12-19/h3-13H,14H2,1-2H3,(H,25,30). The molecule has 4 rings (SSSR count). The summed E-state index contributed by atoms with van der Waals surface area (Å²) in [6, 6.07) is 18.1. The van der Waals surface area contributed by atoms with E-state index in [0.29, 0.717) is 11.4 Å². The normalized spacial score (nSPS) is 10.8. The molecule has 0 saturated heterocycles. The quantitative estimate of drug-likeness (QED) is 0.539. The Labute approximate surface area is 177 Å². The van der Waals surface area contributed by atoms with Crippen LogP contribution in [0.15, 0.2) is 71.5 Å². The first kappa shape index (κ1) is 20.2. The van der Waals surface area contributed by atoms with Crippen molar-refractivity contribution in [3.8, 4) is 17.2 Å². The van der Waals surface area contributed by atoms with Crippen molar-refractivity contribution in [2.75, 3.05) is 5.32 Å². The number of carbonyl (C=O) groups excluding carboxylic acids is 1. The van der Waals surface area contributed by atoms with Gasteiger partial charge in [0.25, 0.3) is 5.56 Å². The maximum absolute atomic E-state index is 13.4. The van der Waals surface area contributed by atoms with Gasteiger partial charge in [-0.1, -0.05) is 36.4 Å². The molecule has 0 aliphatic carbocycles. The van der Waals surface area contributed by atoms with Crippen LogP contribution in [-0.4, -0.2) is 25.2 Å². The maximum Gasteiger partial charge on any atom is 0.256 e.